The number of unbranched alkanes of at least 4 members (excludes halogenated alkanes) is 1. The number of amides is 2. The van der Waals surface area contributed by atoms with Crippen LogP contribution in [-0.2, 0) is 4.79 Å². The molecule has 38 heavy (non-hydrogen) atoms. The predicted molar refractivity (Wildman–Crippen MR) is 155 cm³/mol. The summed E-state index contributed by atoms with van der Waals surface area (Å²) < 4.78 is 5.89. The predicted octanol–water partition coefficient (Wildman–Crippen LogP) is 3.68. The van der Waals surface area contributed by atoms with Crippen LogP contribution in [0.1, 0.15) is 77.1 Å². The smallest absolute Gasteiger partial charge is 0.255 e. The molecule has 2 amide bonds. The molecule has 0 aliphatic rings. The Balaban J connectivity index is 2.71. The minimum Gasteiger partial charge on any atom is -0.493 e. The molecule has 0 aromatic heterocycles. The van der Waals surface area contributed by atoms with E-state index in [1.165, 1.54) is 0 Å². The van der Waals surface area contributed by atoms with Crippen molar-refractivity contribution in [3.63, 3.8) is 0 Å². The number of nitrogens with one attached hydrogen (secondary N) is 2. The molecule has 0 bridgehead atoms. The van der Waals surface area contributed by atoms with E-state index in [1.54, 1.807) is 6.07 Å². The second-order valence-electron chi connectivity index (χ2n) is 11.4. The zero-order chi connectivity index (χ0) is 28.7. The van der Waals surface area contributed by atoms with Gasteiger partial charge in [0.05, 0.1) is 18.3 Å². The monoisotopic (exact) mass is 534 g/mol. The molecule has 1 aromatic rings. The Kier molecular flexibility index (Phi) is 16.2. The van der Waals surface area contributed by atoms with Gasteiger partial charge in [-0.25, -0.2) is 0 Å². The van der Waals surface area contributed by atoms with Crippen molar-refractivity contribution in [2.75, 3.05) is 40.3 Å². The standard InChI is InChI=1S/C30H54N4O4/c1-8-9-15-32-30(37)25(22(4)5)19-27(35)26(31)18-23(21(2)3)20-33-29(36)24-13-10-11-14-28(24)38-17-12-16-34(6)7/h10-11,13-14,21-23,25-27,35H,8-9,12,15-20,31H2,1-7H3,(H,32,37)(H,33,36). The average Bonchev–Trinajstić information content (AvgIpc) is 2.86. The summed E-state index contributed by atoms with van der Waals surface area (Å²) in [4.78, 5) is 27.8. The van der Waals surface area contributed by atoms with Gasteiger partial charge >= 0.3 is 0 Å². The first kappa shape index (κ1) is 33.9. The minimum atomic E-state index is -0.799. The first-order valence-corrected chi connectivity index (χ1v) is 14.3. The highest BCUT2D eigenvalue weighted by Gasteiger charge is 2.29. The van der Waals surface area contributed by atoms with Gasteiger partial charge < -0.3 is 31.1 Å². The Bertz CT molecular complexity index is 815. The third-order valence-corrected chi connectivity index (χ3v) is 7.14. The molecule has 4 unspecified atom stereocenters. The molecule has 8 nitrogen and oxygen atoms in total. The van der Waals surface area contributed by atoms with Gasteiger partial charge in [0.25, 0.3) is 5.91 Å². The molecule has 0 spiro atoms. The van der Waals surface area contributed by atoms with E-state index in [2.05, 4.69) is 36.3 Å². The summed E-state index contributed by atoms with van der Waals surface area (Å²) in [7, 11) is 4.04. The SMILES string of the molecule is CCCCNC(=O)C(CC(O)C(N)CC(CNC(=O)c1ccccc1OCCCN(C)C)C(C)C)C(C)C. The van der Waals surface area contributed by atoms with Crippen LogP contribution in [0.15, 0.2) is 24.3 Å². The van der Waals surface area contributed by atoms with Gasteiger partial charge in [0, 0.05) is 31.6 Å². The van der Waals surface area contributed by atoms with Crippen LogP contribution in [0.25, 0.3) is 0 Å². The summed E-state index contributed by atoms with van der Waals surface area (Å²) in [6, 6.07) is 6.80. The van der Waals surface area contributed by atoms with Gasteiger partial charge in [0.1, 0.15) is 5.75 Å². The lowest BCUT2D eigenvalue weighted by Gasteiger charge is -2.30. The highest BCUT2D eigenvalue weighted by Crippen LogP contribution is 2.24. The van der Waals surface area contributed by atoms with Crippen molar-refractivity contribution in [1.82, 2.24) is 15.5 Å². The molecule has 4 atom stereocenters. The fourth-order valence-electron chi connectivity index (χ4n) is 4.40. The van der Waals surface area contributed by atoms with Gasteiger partial charge in [-0.05, 0) is 69.7 Å². The van der Waals surface area contributed by atoms with Crippen LogP contribution >= 0.6 is 0 Å². The number of nitrogens with two attached hydrogens (primary N) is 1. The second kappa shape index (κ2) is 18.2. The van der Waals surface area contributed by atoms with Crippen LogP contribution < -0.4 is 21.1 Å². The molecular weight excluding hydrogens is 480 g/mol. The lowest BCUT2D eigenvalue weighted by Crippen LogP contribution is -2.44. The molecule has 0 aliphatic heterocycles. The maximum Gasteiger partial charge on any atom is 0.255 e. The number of ether oxygens (including phenoxy) is 1. The Hall–Kier alpha value is -2.16. The number of benzene rings is 1. The third kappa shape index (κ3) is 12.6. The summed E-state index contributed by atoms with van der Waals surface area (Å²) >= 11 is 0. The minimum absolute atomic E-state index is 0.0185. The van der Waals surface area contributed by atoms with E-state index in [9.17, 15) is 14.7 Å². The van der Waals surface area contributed by atoms with E-state index in [-0.39, 0.29) is 35.5 Å². The number of aliphatic hydroxyl groups is 1. The quantitative estimate of drug-likeness (QED) is 0.201. The molecule has 218 valence electrons. The number of carbonyl (C=O) groups excluding carboxylic acids is 2. The average molecular weight is 535 g/mol. The van der Waals surface area contributed by atoms with Crippen LogP contribution in [0.5, 0.6) is 5.75 Å². The number of para-hydroxylation sites is 1. The molecule has 0 saturated heterocycles. The van der Waals surface area contributed by atoms with E-state index in [0.717, 1.165) is 25.8 Å². The lowest BCUT2D eigenvalue weighted by atomic mass is 9.83. The van der Waals surface area contributed by atoms with Crippen molar-refractivity contribution >= 4 is 11.8 Å². The highest BCUT2D eigenvalue weighted by atomic mass is 16.5. The van der Waals surface area contributed by atoms with Crippen LogP contribution in [0.2, 0.25) is 0 Å². The first-order chi connectivity index (χ1) is 18.0. The molecule has 0 aliphatic carbocycles. The van der Waals surface area contributed by atoms with E-state index in [1.807, 2.05) is 46.1 Å². The summed E-state index contributed by atoms with van der Waals surface area (Å²) in [5, 5.41) is 16.9. The second-order valence-corrected chi connectivity index (χ2v) is 11.4. The molecule has 8 heteroatoms. The molecular formula is C30H54N4O4. The lowest BCUT2D eigenvalue weighted by molar-refractivity contribution is -0.127. The number of hydrogen-bond donors (Lipinski definition) is 4. The number of rotatable bonds is 19. The maximum absolute atomic E-state index is 13.0. The van der Waals surface area contributed by atoms with E-state index < -0.39 is 12.1 Å². The molecule has 0 fully saturated rings. The third-order valence-electron chi connectivity index (χ3n) is 7.14. The van der Waals surface area contributed by atoms with Crippen LogP contribution in [0.3, 0.4) is 0 Å². The van der Waals surface area contributed by atoms with Gasteiger partial charge in [-0.3, -0.25) is 9.59 Å². The van der Waals surface area contributed by atoms with Crippen LogP contribution in [0.4, 0.5) is 0 Å². The number of nitrogens with zero attached hydrogens (tertiary/aromatic N) is 1. The van der Waals surface area contributed by atoms with Crippen molar-refractivity contribution in [2.45, 2.75) is 78.9 Å². The Labute approximate surface area is 231 Å². The van der Waals surface area contributed by atoms with Gasteiger partial charge in [-0.1, -0.05) is 53.2 Å². The van der Waals surface area contributed by atoms with E-state index in [0.29, 0.717) is 43.9 Å². The number of aliphatic hydroxyl groups excluding tert-OH is 1. The normalized spacial score (nSPS) is 14.8. The van der Waals surface area contributed by atoms with Crippen LogP contribution in [0, 0.1) is 23.7 Å². The fourth-order valence-corrected chi connectivity index (χ4v) is 4.40. The van der Waals surface area contributed by atoms with E-state index in [4.69, 9.17) is 10.5 Å². The van der Waals surface area contributed by atoms with E-state index >= 15 is 0 Å². The van der Waals surface area contributed by atoms with Gasteiger partial charge in [-0.2, -0.15) is 0 Å². The van der Waals surface area contributed by atoms with Gasteiger partial charge in [-0.15, -0.1) is 0 Å². The van der Waals surface area contributed by atoms with Gasteiger partial charge in [0.2, 0.25) is 5.91 Å². The van der Waals surface area contributed by atoms with Gasteiger partial charge in [0.15, 0.2) is 0 Å². The zero-order valence-corrected chi connectivity index (χ0v) is 24.8. The summed E-state index contributed by atoms with van der Waals surface area (Å²) in [6.45, 7) is 12.8. The molecule has 1 aromatic carbocycles. The summed E-state index contributed by atoms with van der Waals surface area (Å²) in [6.07, 6.45) is 2.90. The maximum atomic E-state index is 13.0. The van der Waals surface area contributed by atoms with Crippen molar-refractivity contribution in [3.8, 4) is 5.75 Å². The van der Waals surface area contributed by atoms with Crippen molar-refractivity contribution < 1.29 is 19.4 Å². The van der Waals surface area contributed by atoms with Crippen LogP contribution in [-0.4, -0.2) is 74.3 Å². The molecule has 0 heterocycles. The zero-order valence-electron chi connectivity index (χ0n) is 24.8. The largest absolute Gasteiger partial charge is 0.493 e. The Morgan fingerprint density at radius 3 is 2.32 bits per heavy atom. The molecule has 1 rings (SSSR count). The molecule has 5 N–H and O–H groups in total. The topological polar surface area (TPSA) is 117 Å². The highest BCUT2D eigenvalue weighted by molar-refractivity contribution is 5.96. The summed E-state index contributed by atoms with van der Waals surface area (Å²) in [5.74, 6) is 0.514. The number of hydrogen-bond acceptors (Lipinski definition) is 6. The Morgan fingerprint density at radius 1 is 1.03 bits per heavy atom. The van der Waals surface area contributed by atoms with Crippen molar-refractivity contribution in [2.24, 2.45) is 29.4 Å². The first-order valence-electron chi connectivity index (χ1n) is 14.3. The molecule has 0 saturated carbocycles. The number of carbonyl (C=O) groups is 2. The summed E-state index contributed by atoms with van der Waals surface area (Å²) in [5.41, 5.74) is 6.95. The molecule has 0 radical (unpaired) electrons. The van der Waals surface area contributed by atoms with Crippen molar-refractivity contribution in [1.29, 1.82) is 0 Å². The fraction of sp³-hybridized carbons (Fsp3) is 0.733. The Morgan fingerprint density at radius 2 is 1.71 bits per heavy atom. The van der Waals surface area contributed by atoms with Crippen molar-refractivity contribution in [3.05, 3.63) is 29.8 Å².